The second-order valence-electron chi connectivity index (χ2n) is 6.19. The van der Waals surface area contributed by atoms with E-state index in [0.29, 0.717) is 17.8 Å². The van der Waals surface area contributed by atoms with E-state index in [1.54, 1.807) is 17.8 Å². The van der Waals surface area contributed by atoms with Crippen molar-refractivity contribution in [1.29, 1.82) is 5.26 Å². The first-order valence-corrected chi connectivity index (χ1v) is 7.54. The summed E-state index contributed by atoms with van der Waals surface area (Å²) in [4.78, 5) is 7.60. The van der Waals surface area contributed by atoms with E-state index in [2.05, 4.69) is 31.8 Å². The van der Waals surface area contributed by atoms with Crippen LogP contribution in [-0.2, 0) is 6.18 Å². The molecule has 1 fully saturated rings. The van der Waals surface area contributed by atoms with Gasteiger partial charge in [0.05, 0.1) is 28.9 Å². The van der Waals surface area contributed by atoms with E-state index in [1.165, 1.54) is 7.05 Å². The van der Waals surface area contributed by atoms with Crippen LogP contribution in [0.5, 0.6) is 0 Å². The number of nitrogens with zero attached hydrogens (tertiary/aromatic N) is 5. The summed E-state index contributed by atoms with van der Waals surface area (Å²) in [5, 5.41) is 18.8. The highest BCUT2D eigenvalue weighted by Gasteiger charge is 2.53. The zero-order valence-electron chi connectivity index (χ0n) is 13.8. The van der Waals surface area contributed by atoms with Gasteiger partial charge in [-0.1, -0.05) is 0 Å². The molecule has 2 N–H and O–H groups in total. The van der Waals surface area contributed by atoms with Crippen molar-refractivity contribution in [2.75, 3.05) is 17.7 Å². The predicted molar refractivity (Wildman–Crippen MR) is 84.2 cm³/mol. The Kier molecular flexibility index (Phi) is 3.82. The van der Waals surface area contributed by atoms with E-state index in [1.807, 2.05) is 6.92 Å². The maximum Gasteiger partial charge on any atom is 0.421 e. The SMILES string of the molecule is CNc1nc(Nc2cn([C@H]3CC3(C)C#N)nc2C)ncc1C(F)(F)F. The Morgan fingerprint density at radius 1 is 1.44 bits per heavy atom. The summed E-state index contributed by atoms with van der Waals surface area (Å²) in [6, 6.07) is 2.25. The number of hydrogen-bond donors (Lipinski definition) is 2. The second kappa shape index (κ2) is 5.61. The Labute approximate surface area is 141 Å². The normalized spacial score (nSPS) is 22.4. The molecule has 0 bridgehead atoms. The van der Waals surface area contributed by atoms with Crippen molar-refractivity contribution in [2.45, 2.75) is 32.5 Å². The average Bonchev–Trinajstić information content (AvgIpc) is 3.12. The number of aromatic nitrogens is 4. The second-order valence-corrected chi connectivity index (χ2v) is 6.19. The van der Waals surface area contributed by atoms with E-state index in [-0.39, 0.29) is 17.8 Å². The van der Waals surface area contributed by atoms with E-state index in [4.69, 9.17) is 5.26 Å². The molecule has 2 aromatic heterocycles. The number of alkyl halides is 3. The molecule has 25 heavy (non-hydrogen) atoms. The third-order valence-electron chi connectivity index (χ3n) is 4.26. The maximum atomic E-state index is 12.9. The number of anilines is 3. The Hall–Kier alpha value is -2.83. The van der Waals surface area contributed by atoms with Crippen molar-refractivity contribution >= 4 is 17.5 Å². The zero-order chi connectivity index (χ0) is 18.4. The van der Waals surface area contributed by atoms with Crippen molar-refractivity contribution in [2.24, 2.45) is 5.41 Å². The van der Waals surface area contributed by atoms with Gasteiger partial charge >= 0.3 is 6.18 Å². The molecule has 0 aliphatic heterocycles. The van der Waals surface area contributed by atoms with Gasteiger partial charge in [0.15, 0.2) is 0 Å². The number of rotatable bonds is 4. The molecule has 0 spiro atoms. The van der Waals surface area contributed by atoms with Crippen LogP contribution in [-0.4, -0.2) is 26.8 Å². The van der Waals surface area contributed by atoms with E-state index in [0.717, 1.165) is 6.20 Å². The van der Waals surface area contributed by atoms with Gasteiger partial charge in [0, 0.05) is 19.4 Å². The molecule has 3 rings (SSSR count). The van der Waals surface area contributed by atoms with Gasteiger partial charge in [-0.25, -0.2) is 4.98 Å². The molecule has 2 aromatic rings. The summed E-state index contributed by atoms with van der Waals surface area (Å²) < 4.78 is 40.3. The molecule has 132 valence electrons. The Morgan fingerprint density at radius 2 is 2.16 bits per heavy atom. The molecule has 1 aliphatic rings. The van der Waals surface area contributed by atoms with Crippen LogP contribution >= 0.6 is 0 Å². The lowest BCUT2D eigenvalue weighted by Gasteiger charge is -2.12. The van der Waals surface area contributed by atoms with Crippen molar-refractivity contribution in [3.8, 4) is 6.07 Å². The first-order valence-electron chi connectivity index (χ1n) is 7.54. The average molecular weight is 351 g/mol. The summed E-state index contributed by atoms with van der Waals surface area (Å²) in [5.41, 5.74) is -0.147. The van der Waals surface area contributed by atoms with Gasteiger partial charge in [-0.15, -0.1) is 0 Å². The van der Waals surface area contributed by atoms with E-state index in [9.17, 15) is 13.2 Å². The molecule has 2 atom stereocenters. The molecular formula is C15H16F3N7. The number of nitrogens with one attached hydrogen (secondary N) is 2. The molecule has 0 saturated heterocycles. The number of hydrogen-bond acceptors (Lipinski definition) is 6. The minimum atomic E-state index is -4.54. The Bertz CT molecular complexity index is 852. The molecule has 0 amide bonds. The minimum Gasteiger partial charge on any atom is -0.372 e. The standard InChI is InChI=1S/C15H16F3N7/c1-8-10(6-25(24-8)11-4-14(11,2)7-19)22-13-21-5-9(15(16,17)18)12(20-3)23-13/h5-6,11H,4H2,1-3H3,(H2,20,21,22,23)/t11-,14?/m0/s1. The minimum absolute atomic E-state index is 0.00635. The van der Waals surface area contributed by atoms with Crippen LogP contribution in [0.4, 0.5) is 30.6 Å². The lowest BCUT2D eigenvalue weighted by atomic mass is 10.2. The summed E-state index contributed by atoms with van der Waals surface area (Å²) in [6.45, 7) is 3.62. The highest BCUT2D eigenvalue weighted by molar-refractivity contribution is 5.58. The molecule has 1 aliphatic carbocycles. The summed E-state index contributed by atoms with van der Waals surface area (Å²) >= 11 is 0. The van der Waals surface area contributed by atoms with Crippen LogP contribution in [0.1, 0.15) is 30.6 Å². The van der Waals surface area contributed by atoms with Crippen LogP contribution in [0, 0.1) is 23.7 Å². The van der Waals surface area contributed by atoms with Gasteiger partial charge in [0.2, 0.25) is 5.95 Å². The van der Waals surface area contributed by atoms with Crippen LogP contribution in [0.25, 0.3) is 0 Å². The van der Waals surface area contributed by atoms with Gasteiger partial charge in [0.1, 0.15) is 11.4 Å². The summed E-state index contributed by atoms with van der Waals surface area (Å²) in [6.07, 6.45) is -1.38. The Balaban J connectivity index is 1.84. The molecule has 0 radical (unpaired) electrons. The smallest absolute Gasteiger partial charge is 0.372 e. The van der Waals surface area contributed by atoms with Gasteiger partial charge in [-0.3, -0.25) is 4.68 Å². The third-order valence-corrected chi connectivity index (χ3v) is 4.26. The lowest BCUT2D eigenvalue weighted by Crippen LogP contribution is -2.12. The van der Waals surface area contributed by atoms with E-state index >= 15 is 0 Å². The lowest BCUT2D eigenvalue weighted by molar-refractivity contribution is -0.137. The van der Waals surface area contributed by atoms with Gasteiger partial charge in [-0.2, -0.15) is 28.5 Å². The molecule has 1 saturated carbocycles. The monoisotopic (exact) mass is 351 g/mol. The topological polar surface area (TPSA) is 91.5 Å². The first-order chi connectivity index (χ1) is 11.7. The molecule has 1 unspecified atom stereocenters. The Morgan fingerprint density at radius 3 is 2.72 bits per heavy atom. The van der Waals surface area contributed by atoms with Gasteiger partial charge in [0.25, 0.3) is 0 Å². The van der Waals surface area contributed by atoms with Crippen molar-refractivity contribution in [3.63, 3.8) is 0 Å². The highest BCUT2D eigenvalue weighted by Crippen LogP contribution is 2.55. The van der Waals surface area contributed by atoms with Crippen LogP contribution in [0.2, 0.25) is 0 Å². The largest absolute Gasteiger partial charge is 0.421 e. The van der Waals surface area contributed by atoms with Crippen molar-refractivity contribution < 1.29 is 13.2 Å². The molecule has 2 heterocycles. The quantitative estimate of drug-likeness (QED) is 0.878. The van der Waals surface area contributed by atoms with Gasteiger partial charge < -0.3 is 10.6 Å². The number of nitriles is 1. The number of aryl methyl sites for hydroxylation is 1. The summed E-state index contributed by atoms with van der Waals surface area (Å²) in [5.74, 6) is -0.284. The van der Waals surface area contributed by atoms with E-state index < -0.39 is 17.2 Å². The fourth-order valence-corrected chi connectivity index (χ4v) is 2.57. The zero-order valence-corrected chi connectivity index (χ0v) is 13.8. The van der Waals surface area contributed by atoms with Crippen molar-refractivity contribution in [1.82, 2.24) is 19.7 Å². The van der Waals surface area contributed by atoms with Crippen LogP contribution in [0.15, 0.2) is 12.4 Å². The fraction of sp³-hybridized carbons (Fsp3) is 0.467. The third kappa shape index (κ3) is 3.09. The molecule has 7 nitrogen and oxygen atoms in total. The maximum absolute atomic E-state index is 12.9. The molecule has 0 aromatic carbocycles. The summed E-state index contributed by atoms with van der Waals surface area (Å²) in [7, 11) is 1.36. The first kappa shape index (κ1) is 17.0. The molecular weight excluding hydrogens is 335 g/mol. The molecule has 10 heteroatoms. The van der Waals surface area contributed by atoms with Crippen molar-refractivity contribution in [3.05, 3.63) is 23.7 Å². The highest BCUT2D eigenvalue weighted by atomic mass is 19.4. The number of halogens is 3. The van der Waals surface area contributed by atoms with Gasteiger partial charge in [-0.05, 0) is 20.3 Å². The van der Waals surface area contributed by atoms with Crippen LogP contribution < -0.4 is 10.6 Å². The fourth-order valence-electron chi connectivity index (χ4n) is 2.57. The predicted octanol–water partition coefficient (Wildman–Crippen LogP) is 3.26. The van der Waals surface area contributed by atoms with Crippen LogP contribution in [0.3, 0.4) is 0 Å².